The minimum absolute atomic E-state index is 0.0797. The molecule has 1 saturated heterocycles. The highest BCUT2D eigenvalue weighted by atomic mass is 32.2. The maximum absolute atomic E-state index is 13.8. The number of carbonyl (C=O) groups is 1. The summed E-state index contributed by atoms with van der Waals surface area (Å²) in [5.74, 6) is -0.955. The second kappa shape index (κ2) is 7.64. The van der Waals surface area contributed by atoms with E-state index in [2.05, 4.69) is 0 Å². The first-order valence-corrected chi connectivity index (χ1v) is 11.2. The largest absolute Gasteiger partial charge is 0.312 e. The summed E-state index contributed by atoms with van der Waals surface area (Å²) < 4.78 is 40.5. The van der Waals surface area contributed by atoms with Crippen LogP contribution in [0.1, 0.15) is 24.0 Å². The molecule has 4 rings (SSSR count). The maximum atomic E-state index is 13.8. The third-order valence-corrected chi connectivity index (χ3v) is 7.47. The first-order valence-electron chi connectivity index (χ1n) is 9.56. The van der Waals surface area contributed by atoms with Crippen LogP contribution in [0.25, 0.3) is 0 Å². The van der Waals surface area contributed by atoms with Gasteiger partial charge < -0.3 is 4.90 Å². The monoisotopic (exact) mass is 402 g/mol. The van der Waals surface area contributed by atoms with Gasteiger partial charge in [0.1, 0.15) is 5.82 Å². The Kier molecular flexibility index (Phi) is 5.21. The number of nitrogens with zero attached hydrogens (tertiary/aromatic N) is 2. The number of benzene rings is 2. The van der Waals surface area contributed by atoms with Gasteiger partial charge in [-0.15, -0.1) is 0 Å². The van der Waals surface area contributed by atoms with Gasteiger partial charge in [-0.05, 0) is 37.0 Å². The van der Waals surface area contributed by atoms with E-state index in [-0.39, 0.29) is 23.1 Å². The van der Waals surface area contributed by atoms with E-state index in [0.29, 0.717) is 32.5 Å². The maximum Gasteiger partial charge on any atom is 0.230 e. The van der Waals surface area contributed by atoms with Crippen molar-refractivity contribution in [1.29, 1.82) is 0 Å². The fourth-order valence-corrected chi connectivity index (χ4v) is 5.65. The summed E-state index contributed by atoms with van der Waals surface area (Å²) in [6.45, 7) is 1.27. The molecule has 0 radical (unpaired) electrons. The van der Waals surface area contributed by atoms with Crippen LogP contribution in [0, 0.1) is 11.7 Å². The Morgan fingerprint density at radius 2 is 1.68 bits per heavy atom. The van der Waals surface area contributed by atoms with Gasteiger partial charge in [-0.3, -0.25) is 4.79 Å². The summed E-state index contributed by atoms with van der Waals surface area (Å²) in [5.41, 5.74) is 2.33. The number of sulfonamides is 1. The molecule has 2 aromatic carbocycles. The minimum atomic E-state index is -3.61. The third-order valence-electron chi connectivity index (χ3n) is 5.65. The van der Waals surface area contributed by atoms with Crippen molar-refractivity contribution < 1.29 is 17.6 Å². The highest BCUT2D eigenvalue weighted by molar-refractivity contribution is 7.88. The molecule has 0 aliphatic carbocycles. The van der Waals surface area contributed by atoms with Crippen molar-refractivity contribution in [1.82, 2.24) is 4.31 Å². The van der Waals surface area contributed by atoms with Gasteiger partial charge in [0.25, 0.3) is 0 Å². The molecule has 0 unspecified atom stereocenters. The molecule has 28 heavy (non-hydrogen) atoms. The van der Waals surface area contributed by atoms with Crippen LogP contribution in [0.3, 0.4) is 0 Å². The molecular weight excluding hydrogens is 379 g/mol. The molecule has 0 bridgehead atoms. The van der Waals surface area contributed by atoms with E-state index >= 15 is 0 Å². The van der Waals surface area contributed by atoms with Crippen LogP contribution in [-0.4, -0.2) is 38.3 Å². The Hall–Kier alpha value is -2.25. The molecule has 2 aliphatic rings. The molecule has 0 atom stereocenters. The Bertz CT molecular complexity index is 985. The number of halogens is 1. The molecule has 0 N–H and O–H groups in total. The van der Waals surface area contributed by atoms with Gasteiger partial charge in [0.2, 0.25) is 15.9 Å². The highest BCUT2D eigenvalue weighted by Crippen LogP contribution is 2.31. The number of amides is 1. The van der Waals surface area contributed by atoms with Crippen molar-refractivity contribution in [2.24, 2.45) is 5.92 Å². The zero-order valence-electron chi connectivity index (χ0n) is 15.6. The average molecular weight is 402 g/mol. The topological polar surface area (TPSA) is 57.7 Å². The van der Waals surface area contributed by atoms with Crippen LogP contribution in [0.2, 0.25) is 0 Å². The number of carbonyl (C=O) groups excluding carboxylic acids is 1. The molecule has 148 valence electrons. The predicted molar refractivity (Wildman–Crippen MR) is 106 cm³/mol. The van der Waals surface area contributed by atoms with E-state index < -0.39 is 15.8 Å². The van der Waals surface area contributed by atoms with E-state index in [9.17, 15) is 17.6 Å². The first-order chi connectivity index (χ1) is 13.5. The van der Waals surface area contributed by atoms with Crippen LogP contribution in [0.4, 0.5) is 10.1 Å². The molecule has 0 aromatic heterocycles. The van der Waals surface area contributed by atoms with Crippen molar-refractivity contribution in [3.8, 4) is 0 Å². The van der Waals surface area contributed by atoms with Crippen LogP contribution in [0.15, 0.2) is 48.5 Å². The second-order valence-corrected chi connectivity index (χ2v) is 9.36. The van der Waals surface area contributed by atoms with E-state index in [1.165, 1.54) is 22.0 Å². The minimum Gasteiger partial charge on any atom is -0.312 e. The predicted octanol–water partition coefficient (Wildman–Crippen LogP) is 2.96. The van der Waals surface area contributed by atoms with Crippen molar-refractivity contribution in [2.75, 3.05) is 24.5 Å². The lowest BCUT2D eigenvalue weighted by molar-refractivity contribution is -0.123. The third kappa shape index (κ3) is 3.69. The second-order valence-electron chi connectivity index (χ2n) is 7.39. The number of hydrogen-bond acceptors (Lipinski definition) is 3. The number of rotatable bonds is 4. The lowest BCUT2D eigenvalue weighted by atomic mass is 9.96. The van der Waals surface area contributed by atoms with Crippen molar-refractivity contribution >= 4 is 21.6 Å². The van der Waals surface area contributed by atoms with Crippen molar-refractivity contribution in [3.05, 3.63) is 65.5 Å². The average Bonchev–Trinajstić information content (AvgIpc) is 3.13. The van der Waals surface area contributed by atoms with Crippen LogP contribution < -0.4 is 4.90 Å². The van der Waals surface area contributed by atoms with Gasteiger partial charge in [0.15, 0.2) is 0 Å². The Morgan fingerprint density at radius 1 is 1.00 bits per heavy atom. The van der Waals surface area contributed by atoms with E-state index in [1.54, 1.807) is 12.1 Å². The van der Waals surface area contributed by atoms with Crippen LogP contribution in [0.5, 0.6) is 0 Å². The molecular formula is C21H23FN2O3S. The zero-order valence-corrected chi connectivity index (χ0v) is 16.4. The molecule has 0 saturated carbocycles. The number of piperidine rings is 1. The summed E-state index contributed by atoms with van der Waals surface area (Å²) in [6.07, 6.45) is 1.85. The summed E-state index contributed by atoms with van der Waals surface area (Å²) in [7, 11) is -3.61. The lowest BCUT2D eigenvalue weighted by Crippen LogP contribution is -2.44. The molecule has 0 spiro atoms. The summed E-state index contributed by atoms with van der Waals surface area (Å²) in [4.78, 5) is 14.8. The molecule has 1 amide bonds. The first kappa shape index (κ1) is 19.1. The molecule has 5 nitrogen and oxygen atoms in total. The van der Waals surface area contributed by atoms with E-state index in [0.717, 1.165) is 12.1 Å². The zero-order chi connectivity index (χ0) is 19.7. The Labute approximate surface area is 164 Å². The SMILES string of the molecule is O=C(C1CCN(S(=O)(=O)Cc2ccccc2F)CC1)N1CCc2ccccc21. The lowest BCUT2D eigenvalue weighted by Gasteiger charge is -2.32. The molecule has 2 heterocycles. The van der Waals surface area contributed by atoms with E-state index in [1.807, 2.05) is 29.2 Å². The fraction of sp³-hybridized carbons (Fsp3) is 0.381. The van der Waals surface area contributed by atoms with E-state index in [4.69, 9.17) is 0 Å². The summed E-state index contributed by atoms with van der Waals surface area (Å²) in [6, 6.07) is 13.9. The number of para-hydroxylation sites is 1. The summed E-state index contributed by atoms with van der Waals surface area (Å²) in [5, 5.41) is 0. The van der Waals surface area contributed by atoms with Gasteiger partial charge >= 0.3 is 0 Å². The number of fused-ring (bicyclic) bond motifs is 1. The standard InChI is InChI=1S/C21H23FN2O3S/c22-19-7-3-1-6-18(19)15-28(26,27)23-12-9-17(10-13-23)21(25)24-14-11-16-5-2-4-8-20(16)24/h1-8,17H,9-15H2. The molecule has 1 fully saturated rings. The van der Waals surface area contributed by atoms with Gasteiger partial charge in [-0.2, -0.15) is 0 Å². The van der Waals surface area contributed by atoms with Crippen molar-refractivity contribution in [3.63, 3.8) is 0 Å². The van der Waals surface area contributed by atoms with Crippen LogP contribution in [-0.2, 0) is 27.0 Å². The quantitative estimate of drug-likeness (QED) is 0.790. The highest BCUT2D eigenvalue weighted by Gasteiger charge is 2.35. The van der Waals surface area contributed by atoms with Crippen molar-refractivity contribution in [2.45, 2.75) is 25.0 Å². The Balaban J connectivity index is 1.39. The Morgan fingerprint density at radius 3 is 2.43 bits per heavy atom. The number of hydrogen-bond donors (Lipinski definition) is 0. The number of anilines is 1. The smallest absolute Gasteiger partial charge is 0.230 e. The molecule has 7 heteroatoms. The molecule has 2 aromatic rings. The molecule has 2 aliphatic heterocycles. The van der Waals surface area contributed by atoms with Gasteiger partial charge in [-0.25, -0.2) is 17.1 Å². The van der Waals surface area contributed by atoms with Gasteiger partial charge in [0, 0.05) is 36.8 Å². The summed E-state index contributed by atoms with van der Waals surface area (Å²) >= 11 is 0. The van der Waals surface area contributed by atoms with Crippen LogP contribution >= 0.6 is 0 Å². The normalized spacial score (nSPS) is 18.2. The van der Waals surface area contributed by atoms with Gasteiger partial charge in [0.05, 0.1) is 5.75 Å². The van der Waals surface area contributed by atoms with Gasteiger partial charge in [-0.1, -0.05) is 36.4 Å². The fourth-order valence-electron chi connectivity index (χ4n) is 4.07.